The van der Waals surface area contributed by atoms with E-state index in [1.54, 1.807) is 4.90 Å². The average molecular weight is 332 g/mol. The van der Waals surface area contributed by atoms with Gasteiger partial charge in [-0.05, 0) is 12.6 Å². The minimum absolute atomic E-state index is 0.0307. The third-order valence-electron chi connectivity index (χ3n) is 3.95. The second kappa shape index (κ2) is 9.02. The van der Waals surface area contributed by atoms with Crippen LogP contribution >= 0.6 is 0 Å². The van der Waals surface area contributed by atoms with Crippen molar-refractivity contribution < 1.29 is 14.4 Å². The molecule has 0 aromatic heterocycles. The Kier molecular flexibility index (Phi) is 6.74. The van der Waals surface area contributed by atoms with E-state index in [1.807, 2.05) is 37.4 Å². The molecule has 2 rings (SSSR count). The highest BCUT2D eigenvalue weighted by Gasteiger charge is 2.19. The maximum absolute atomic E-state index is 12.0. The van der Waals surface area contributed by atoms with Crippen molar-refractivity contribution in [1.29, 1.82) is 0 Å². The van der Waals surface area contributed by atoms with E-state index >= 15 is 0 Å². The predicted octanol–water partition coefficient (Wildman–Crippen LogP) is -0.764. The van der Waals surface area contributed by atoms with Crippen molar-refractivity contribution in [2.75, 3.05) is 46.3 Å². The number of piperazine rings is 1. The van der Waals surface area contributed by atoms with Crippen molar-refractivity contribution >= 4 is 17.7 Å². The Morgan fingerprint density at radius 2 is 1.54 bits per heavy atom. The monoisotopic (exact) mass is 332 g/mol. The first-order chi connectivity index (χ1) is 11.5. The largest absolute Gasteiger partial charge is 0.347 e. The molecule has 0 bridgehead atoms. The fourth-order valence-corrected chi connectivity index (χ4v) is 2.43. The molecule has 1 saturated heterocycles. The maximum atomic E-state index is 12.0. The van der Waals surface area contributed by atoms with Crippen LogP contribution in [-0.4, -0.2) is 73.8 Å². The average Bonchev–Trinajstić information content (AvgIpc) is 2.59. The van der Waals surface area contributed by atoms with E-state index in [2.05, 4.69) is 15.5 Å². The van der Waals surface area contributed by atoms with Crippen molar-refractivity contribution in [3.05, 3.63) is 35.9 Å². The molecule has 1 aromatic rings. The summed E-state index contributed by atoms with van der Waals surface area (Å²) in [5, 5.41) is 5.11. The summed E-state index contributed by atoms with van der Waals surface area (Å²) in [6, 6.07) is 9.31. The summed E-state index contributed by atoms with van der Waals surface area (Å²) in [6.07, 6.45) is 0.231. The Morgan fingerprint density at radius 1 is 0.917 bits per heavy atom. The van der Waals surface area contributed by atoms with Crippen molar-refractivity contribution in [1.82, 2.24) is 20.4 Å². The third-order valence-corrected chi connectivity index (χ3v) is 3.95. The molecule has 1 aromatic carbocycles. The molecule has 3 amide bonds. The number of likely N-dealkylation sites (N-methyl/N-ethyl adjacent to an activating group) is 1. The summed E-state index contributed by atoms with van der Waals surface area (Å²) in [7, 11) is 2.02. The van der Waals surface area contributed by atoms with E-state index in [-0.39, 0.29) is 37.2 Å². The second-order valence-electron chi connectivity index (χ2n) is 5.90. The van der Waals surface area contributed by atoms with Crippen molar-refractivity contribution in [2.45, 2.75) is 6.42 Å². The molecule has 130 valence electrons. The van der Waals surface area contributed by atoms with E-state index in [4.69, 9.17) is 0 Å². The van der Waals surface area contributed by atoms with Gasteiger partial charge in [-0.3, -0.25) is 14.4 Å². The number of carbonyl (C=O) groups excluding carboxylic acids is 3. The highest BCUT2D eigenvalue weighted by molar-refractivity contribution is 5.88. The molecule has 1 aliphatic rings. The number of amides is 3. The molecule has 0 spiro atoms. The quantitative estimate of drug-likeness (QED) is 0.717. The first kappa shape index (κ1) is 17.9. The molecule has 0 unspecified atom stereocenters. The SMILES string of the molecule is CN1CCN(C(=O)CNC(=O)CNC(=O)Cc2ccccc2)CC1. The topological polar surface area (TPSA) is 81.8 Å². The smallest absolute Gasteiger partial charge is 0.242 e. The van der Waals surface area contributed by atoms with Gasteiger partial charge in [-0.2, -0.15) is 0 Å². The first-order valence-corrected chi connectivity index (χ1v) is 8.08. The van der Waals surface area contributed by atoms with Crippen molar-refractivity contribution in [3.8, 4) is 0 Å². The number of nitrogens with one attached hydrogen (secondary N) is 2. The van der Waals surface area contributed by atoms with Crippen LogP contribution in [0, 0.1) is 0 Å². The fraction of sp³-hybridized carbons (Fsp3) is 0.471. The Balaban J connectivity index is 1.62. The summed E-state index contributed by atoms with van der Waals surface area (Å²) >= 11 is 0. The Hall–Kier alpha value is -2.41. The fourth-order valence-electron chi connectivity index (χ4n) is 2.43. The molecule has 2 N–H and O–H groups in total. The van der Waals surface area contributed by atoms with E-state index in [9.17, 15) is 14.4 Å². The van der Waals surface area contributed by atoms with Crippen LogP contribution in [-0.2, 0) is 20.8 Å². The van der Waals surface area contributed by atoms with Crippen LogP contribution in [0.2, 0.25) is 0 Å². The summed E-state index contributed by atoms with van der Waals surface area (Å²) in [5.74, 6) is -0.673. The maximum Gasteiger partial charge on any atom is 0.242 e. The lowest BCUT2D eigenvalue weighted by Crippen LogP contribution is -2.50. The van der Waals surface area contributed by atoms with Gasteiger partial charge in [0.1, 0.15) is 0 Å². The second-order valence-corrected chi connectivity index (χ2v) is 5.90. The summed E-state index contributed by atoms with van der Waals surface area (Å²) in [4.78, 5) is 39.4. The number of hydrogen-bond donors (Lipinski definition) is 2. The lowest BCUT2D eigenvalue weighted by atomic mass is 10.1. The molecule has 7 heteroatoms. The molecule has 1 fully saturated rings. The standard InChI is InChI=1S/C17H24N4O3/c1-20-7-9-21(10-8-20)17(24)13-19-16(23)12-18-15(22)11-14-5-3-2-4-6-14/h2-6H,7-13H2,1H3,(H,18,22)(H,19,23). The van der Waals surface area contributed by atoms with Gasteiger partial charge in [0, 0.05) is 26.2 Å². The predicted molar refractivity (Wildman–Crippen MR) is 90.2 cm³/mol. The molecule has 0 radical (unpaired) electrons. The van der Waals surface area contributed by atoms with E-state index in [0.717, 1.165) is 18.7 Å². The van der Waals surface area contributed by atoms with Gasteiger partial charge in [-0.25, -0.2) is 0 Å². The van der Waals surface area contributed by atoms with Crippen LogP contribution in [0.15, 0.2) is 30.3 Å². The molecule has 0 aliphatic carbocycles. The number of nitrogens with zero attached hydrogens (tertiary/aromatic N) is 2. The van der Waals surface area contributed by atoms with Gasteiger partial charge in [-0.15, -0.1) is 0 Å². The van der Waals surface area contributed by atoms with E-state index < -0.39 is 0 Å². The van der Waals surface area contributed by atoms with Gasteiger partial charge in [-0.1, -0.05) is 30.3 Å². The normalized spacial score (nSPS) is 15.0. The molecular formula is C17H24N4O3. The Bertz CT molecular complexity index is 568. The molecule has 0 atom stereocenters. The number of carbonyl (C=O) groups is 3. The van der Waals surface area contributed by atoms with Crippen molar-refractivity contribution in [2.24, 2.45) is 0 Å². The van der Waals surface area contributed by atoms with Gasteiger partial charge in [0.15, 0.2) is 0 Å². The molecular weight excluding hydrogens is 308 g/mol. The van der Waals surface area contributed by atoms with Crippen LogP contribution in [0.4, 0.5) is 0 Å². The summed E-state index contributed by atoms with van der Waals surface area (Å²) in [5.41, 5.74) is 0.889. The highest BCUT2D eigenvalue weighted by atomic mass is 16.2. The Morgan fingerprint density at radius 3 is 2.21 bits per heavy atom. The van der Waals surface area contributed by atoms with Crippen LogP contribution in [0.3, 0.4) is 0 Å². The van der Waals surface area contributed by atoms with Gasteiger partial charge < -0.3 is 20.4 Å². The molecule has 1 aliphatic heterocycles. The molecule has 1 heterocycles. The number of rotatable bonds is 6. The van der Waals surface area contributed by atoms with E-state index in [1.165, 1.54) is 0 Å². The van der Waals surface area contributed by atoms with Gasteiger partial charge in [0.05, 0.1) is 19.5 Å². The van der Waals surface area contributed by atoms with Gasteiger partial charge in [0.2, 0.25) is 17.7 Å². The van der Waals surface area contributed by atoms with Crippen LogP contribution in [0.5, 0.6) is 0 Å². The lowest BCUT2D eigenvalue weighted by Gasteiger charge is -2.32. The first-order valence-electron chi connectivity index (χ1n) is 8.08. The zero-order valence-electron chi connectivity index (χ0n) is 14.0. The molecule has 7 nitrogen and oxygen atoms in total. The van der Waals surface area contributed by atoms with Crippen LogP contribution in [0.25, 0.3) is 0 Å². The summed E-state index contributed by atoms with van der Waals surface area (Å²) < 4.78 is 0. The van der Waals surface area contributed by atoms with Crippen LogP contribution in [0.1, 0.15) is 5.56 Å². The van der Waals surface area contributed by atoms with Crippen molar-refractivity contribution in [3.63, 3.8) is 0 Å². The zero-order valence-corrected chi connectivity index (χ0v) is 14.0. The van der Waals surface area contributed by atoms with Gasteiger partial charge >= 0.3 is 0 Å². The molecule has 0 saturated carbocycles. The highest BCUT2D eigenvalue weighted by Crippen LogP contribution is 1.99. The van der Waals surface area contributed by atoms with Crippen LogP contribution < -0.4 is 10.6 Å². The van der Waals surface area contributed by atoms with Gasteiger partial charge in [0.25, 0.3) is 0 Å². The molecule has 24 heavy (non-hydrogen) atoms. The van der Waals surface area contributed by atoms with E-state index in [0.29, 0.717) is 13.1 Å². The lowest BCUT2D eigenvalue weighted by molar-refractivity contribution is -0.134. The number of hydrogen-bond acceptors (Lipinski definition) is 4. The third kappa shape index (κ3) is 6.00. The number of benzene rings is 1. The minimum Gasteiger partial charge on any atom is -0.347 e. The Labute approximate surface area is 142 Å². The minimum atomic E-state index is -0.362. The zero-order chi connectivity index (χ0) is 17.4. The summed E-state index contributed by atoms with van der Waals surface area (Å²) in [6.45, 7) is 2.89.